The standard InChI is InChI=1S/C18H12O4/c1-9-8-10-6-7-12-15(18(10)22-9)17(20)14-11(16(12)19)4-3-5-13(14)21-2/h3-8H,1-2H3. The second kappa shape index (κ2) is 4.31. The molecule has 22 heavy (non-hydrogen) atoms. The highest BCUT2D eigenvalue weighted by molar-refractivity contribution is 6.32. The van der Waals surface area contributed by atoms with Gasteiger partial charge < -0.3 is 9.15 Å². The number of methoxy groups -OCH3 is 1. The molecule has 0 N–H and O–H groups in total. The van der Waals surface area contributed by atoms with E-state index in [4.69, 9.17) is 9.15 Å². The van der Waals surface area contributed by atoms with Crippen LogP contribution in [0.1, 0.15) is 37.6 Å². The van der Waals surface area contributed by atoms with Crippen molar-refractivity contribution >= 4 is 22.5 Å². The molecule has 4 nitrogen and oxygen atoms in total. The largest absolute Gasteiger partial charge is 0.496 e. The van der Waals surface area contributed by atoms with Crippen molar-refractivity contribution in [3.8, 4) is 5.75 Å². The quantitative estimate of drug-likeness (QED) is 0.538. The van der Waals surface area contributed by atoms with Crippen LogP contribution in [0.5, 0.6) is 5.75 Å². The molecule has 0 saturated heterocycles. The molecule has 1 aliphatic carbocycles. The Morgan fingerprint density at radius 2 is 1.73 bits per heavy atom. The molecule has 2 aromatic carbocycles. The predicted octanol–water partition coefficient (Wildman–Crippen LogP) is 3.53. The minimum atomic E-state index is -0.234. The van der Waals surface area contributed by atoms with Crippen molar-refractivity contribution in [2.24, 2.45) is 0 Å². The first-order valence-electron chi connectivity index (χ1n) is 6.91. The van der Waals surface area contributed by atoms with Crippen molar-refractivity contribution in [1.29, 1.82) is 0 Å². The van der Waals surface area contributed by atoms with Gasteiger partial charge >= 0.3 is 0 Å². The highest BCUT2D eigenvalue weighted by atomic mass is 16.5. The van der Waals surface area contributed by atoms with Crippen LogP contribution in [0.15, 0.2) is 40.8 Å². The normalized spacial score (nSPS) is 13.2. The van der Waals surface area contributed by atoms with Crippen LogP contribution in [0, 0.1) is 6.92 Å². The van der Waals surface area contributed by atoms with E-state index < -0.39 is 0 Å². The van der Waals surface area contributed by atoms with Gasteiger partial charge in [-0.15, -0.1) is 0 Å². The lowest BCUT2D eigenvalue weighted by atomic mass is 9.83. The number of rotatable bonds is 1. The molecule has 108 valence electrons. The van der Waals surface area contributed by atoms with E-state index in [0.29, 0.717) is 39.3 Å². The number of furan rings is 1. The maximum atomic E-state index is 13.0. The Hall–Kier alpha value is -2.88. The van der Waals surface area contributed by atoms with Gasteiger partial charge in [-0.1, -0.05) is 18.2 Å². The minimum absolute atomic E-state index is 0.181. The zero-order valence-electron chi connectivity index (χ0n) is 12.1. The summed E-state index contributed by atoms with van der Waals surface area (Å²) in [6, 6.07) is 10.4. The minimum Gasteiger partial charge on any atom is -0.496 e. The SMILES string of the molecule is COc1cccc2c1C(=O)c1c(ccc3cc(C)oc13)C2=O. The smallest absolute Gasteiger partial charge is 0.202 e. The number of ketones is 2. The molecule has 0 fully saturated rings. The molecule has 0 bridgehead atoms. The van der Waals surface area contributed by atoms with E-state index in [0.717, 1.165) is 5.39 Å². The number of carbonyl (C=O) groups is 2. The number of ether oxygens (including phenoxy) is 1. The Morgan fingerprint density at radius 1 is 0.955 bits per heavy atom. The fourth-order valence-corrected chi connectivity index (χ4v) is 3.04. The molecule has 4 rings (SSSR count). The lowest BCUT2D eigenvalue weighted by molar-refractivity contribution is 0.0977. The Balaban J connectivity index is 2.11. The molecule has 1 aliphatic rings. The van der Waals surface area contributed by atoms with Crippen LogP contribution in [-0.4, -0.2) is 18.7 Å². The van der Waals surface area contributed by atoms with Gasteiger partial charge in [-0.05, 0) is 25.1 Å². The zero-order valence-corrected chi connectivity index (χ0v) is 12.1. The molecule has 1 aromatic heterocycles. The summed E-state index contributed by atoms with van der Waals surface area (Å²) < 4.78 is 10.9. The van der Waals surface area contributed by atoms with Gasteiger partial charge in [-0.2, -0.15) is 0 Å². The van der Waals surface area contributed by atoms with Crippen LogP contribution >= 0.6 is 0 Å². The lowest BCUT2D eigenvalue weighted by Crippen LogP contribution is -2.21. The highest BCUT2D eigenvalue weighted by Gasteiger charge is 2.34. The third-order valence-corrected chi connectivity index (χ3v) is 4.00. The summed E-state index contributed by atoms with van der Waals surface area (Å²) in [5, 5.41) is 0.816. The fraction of sp³-hybridized carbons (Fsp3) is 0.111. The van der Waals surface area contributed by atoms with Gasteiger partial charge in [0.1, 0.15) is 17.1 Å². The molecule has 3 aromatic rings. The summed E-state index contributed by atoms with van der Waals surface area (Å²) in [5.41, 5.74) is 1.86. The molecule has 0 amide bonds. The molecular weight excluding hydrogens is 280 g/mol. The summed E-state index contributed by atoms with van der Waals surface area (Å²) >= 11 is 0. The van der Waals surface area contributed by atoms with Gasteiger partial charge in [0.2, 0.25) is 5.78 Å². The van der Waals surface area contributed by atoms with Crippen molar-refractivity contribution in [3.05, 3.63) is 64.4 Å². The third-order valence-electron chi connectivity index (χ3n) is 4.00. The number of carbonyl (C=O) groups excluding carboxylic acids is 2. The molecule has 0 spiro atoms. The van der Waals surface area contributed by atoms with Gasteiger partial charge in [-0.3, -0.25) is 9.59 Å². The molecule has 0 aliphatic heterocycles. The monoisotopic (exact) mass is 292 g/mol. The summed E-state index contributed by atoms with van der Waals surface area (Å²) in [7, 11) is 1.49. The summed E-state index contributed by atoms with van der Waals surface area (Å²) in [6.45, 7) is 1.82. The first kappa shape index (κ1) is 12.8. The molecule has 4 heteroatoms. The van der Waals surface area contributed by atoms with Crippen LogP contribution in [0.25, 0.3) is 11.0 Å². The van der Waals surface area contributed by atoms with E-state index in [9.17, 15) is 9.59 Å². The highest BCUT2D eigenvalue weighted by Crippen LogP contribution is 2.37. The van der Waals surface area contributed by atoms with Crippen LogP contribution < -0.4 is 4.74 Å². The average Bonchev–Trinajstić information content (AvgIpc) is 2.91. The zero-order chi connectivity index (χ0) is 15.4. The average molecular weight is 292 g/mol. The Kier molecular flexibility index (Phi) is 2.51. The van der Waals surface area contributed by atoms with Gasteiger partial charge in [0.15, 0.2) is 5.78 Å². The van der Waals surface area contributed by atoms with E-state index in [1.54, 1.807) is 30.3 Å². The van der Waals surface area contributed by atoms with Gasteiger partial charge in [0.05, 0.1) is 18.2 Å². The summed E-state index contributed by atoms with van der Waals surface area (Å²) in [6.07, 6.45) is 0. The molecule has 0 saturated carbocycles. The maximum Gasteiger partial charge on any atom is 0.202 e. The number of benzene rings is 2. The summed E-state index contributed by atoms with van der Waals surface area (Å²) in [5.74, 6) is 0.692. The van der Waals surface area contributed by atoms with Gasteiger partial charge in [0, 0.05) is 16.5 Å². The number of fused-ring (bicyclic) bond motifs is 4. The number of hydrogen-bond acceptors (Lipinski definition) is 4. The second-order valence-corrected chi connectivity index (χ2v) is 5.30. The van der Waals surface area contributed by atoms with Crippen molar-refractivity contribution in [2.45, 2.75) is 6.92 Å². The van der Waals surface area contributed by atoms with Crippen LogP contribution in [0.2, 0.25) is 0 Å². The first-order valence-corrected chi connectivity index (χ1v) is 6.91. The van der Waals surface area contributed by atoms with E-state index in [1.807, 2.05) is 13.0 Å². The fourth-order valence-electron chi connectivity index (χ4n) is 3.04. The van der Waals surface area contributed by atoms with Crippen molar-refractivity contribution in [3.63, 3.8) is 0 Å². The van der Waals surface area contributed by atoms with Crippen molar-refractivity contribution in [2.75, 3.05) is 7.11 Å². The molecule has 0 unspecified atom stereocenters. The topological polar surface area (TPSA) is 56.5 Å². The van der Waals surface area contributed by atoms with Crippen LogP contribution in [0.3, 0.4) is 0 Å². The molecular formula is C18H12O4. The number of hydrogen-bond donors (Lipinski definition) is 0. The first-order chi connectivity index (χ1) is 10.6. The van der Waals surface area contributed by atoms with Crippen molar-refractivity contribution in [1.82, 2.24) is 0 Å². The predicted molar refractivity (Wildman–Crippen MR) is 80.8 cm³/mol. The second-order valence-electron chi connectivity index (χ2n) is 5.30. The Bertz CT molecular complexity index is 963. The summed E-state index contributed by atoms with van der Waals surface area (Å²) in [4.78, 5) is 25.7. The van der Waals surface area contributed by atoms with Crippen molar-refractivity contribution < 1.29 is 18.7 Å². The van der Waals surface area contributed by atoms with E-state index in [-0.39, 0.29) is 11.6 Å². The van der Waals surface area contributed by atoms with Crippen LogP contribution in [0.4, 0.5) is 0 Å². The number of aryl methyl sites for hydroxylation is 1. The maximum absolute atomic E-state index is 13.0. The van der Waals surface area contributed by atoms with E-state index in [1.165, 1.54) is 7.11 Å². The molecule has 1 heterocycles. The molecule has 0 radical (unpaired) electrons. The Labute approximate surface area is 126 Å². The van der Waals surface area contributed by atoms with Gasteiger partial charge in [0.25, 0.3) is 0 Å². The third kappa shape index (κ3) is 1.52. The van der Waals surface area contributed by atoms with Crippen LogP contribution in [-0.2, 0) is 0 Å². The van der Waals surface area contributed by atoms with E-state index in [2.05, 4.69) is 0 Å². The van der Waals surface area contributed by atoms with E-state index >= 15 is 0 Å². The van der Waals surface area contributed by atoms with Gasteiger partial charge in [-0.25, -0.2) is 0 Å². The molecule has 0 atom stereocenters. The Morgan fingerprint density at radius 3 is 2.50 bits per heavy atom. The lowest BCUT2D eigenvalue weighted by Gasteiger charge is -2.19.